The molecule has 0 aliphatic rings. The molecule has 0 spiro atoms. The van der Waals surface area contributed by atoms with Gasteiger partial charge in [0.1, 0.15) is 22.1 Å². The zero-order chi connectivity index (χ0) is 19.6. The van der Waals surface area contributed by atoms with E-state index in [1.807, 2.05) is 10.8 Å². The summed E-state index contributed by atoms with van der Waals surface area (Å²) in [6.07, 6.45) is 6.12. The van der Waals surface area contributed by atoms with E-state index in [-0.39, 0.29) is 50.7 Å². The van der Waals surface area contributed by atoms with E-state index in [1.165, 1.54) is 6.07 Å². The lowest BCUT2D eigenvalue weighted by Gasteiger charge is -2.01. The Bertz CT molecular complexity index is 1010. The van der Waals surface area contributed by atoms with Crippen molar-refractivity contribution in [1.82, 2.24) is 4.98 Å². The largest absolute Gasteiger partial charge is 1.00 e. The van der Waals surface area contributed by atoms with Gasteiger partial charge in [0, 0.05) is 18.9 Å². The second kappa shape index (κ2) is 9.78. The summed E-state index contributed by atoms with van der Waals surface area (Å²) >= 11 is 18.3. The molecule has 28 heavy (non-hydrogen) atoms. The fourth-order valence-electron chi connectivity index (χ4n) is 2.67. The van der Waals surface area contributed by atoms with Gasteiger partial charge in [-0.2, -0.15) is 0 Å². The first-order valence-electron chi connectivity index (χ1n) is 8.25. The molecule has 150 valence electrons. The minimum Gasteiger partial charge on any atom is -1.00 e. The lowest BCUT2D eigenvalue weighted by molar-refractivity contribution is -0.697. The van der Waals surface area contributed by atoms with Crippen LogP contribution in [0, 0.1) is 0 Å². The second-order valence-electron chi connectivity index (χ2n) is 6.04. The van der Waals surface area contributed by atoms with Crippen LogP contribution in [0.25, 0.3) is 22.6 Å². The number of rotatable bonds is 7. The summed E-state index contributed by atoms with van der Waals surface area (Å²) in [6, 6.07) is 3.25. The fraction of sp³-hybridized carbons (Fsp3) is 0.278. The van der Waals surface area contributed by atoms with Gasteiger partial charge in [0.2, 0.25) is 5.89 Å². The first kappa shape index (κ1) is 22.7. The van der Waals surface area contributed by atoms with Crippen molar-refractivity contribution in [3.05, 3.63) is 39.6 Å². The highest BCUT2D eigenvalue weighted by Gasteiger charge is 2.19. The van der Waals surface area contributed by atoms with Crippen LogP contribution < -0.4 is 21.5 Å². The molecular formula is C18H16BrCl3N2O4. The number of carbonyl (C=O) groups is 1. The minimum atomic E-state index is -0.775. The molecule has 0 bridgehead atoms. The Balaban J connectivity index is 0.00000280. The van der Waals surface area contributed by atoms with Gasteiger partial charge in [-0.25, -0.2) is 9.55 Å². The maximum absolute atomic E-state index is 10.5. The summed E-state index contributed by atoms with van der Waals surface area (Å²) in [5.41, 5.74) is 1.24. The van der Waals surface area contributed by atoms with Crippen molar-refractivity contribution in [2.75, 3.05) is 0 Å². The van der Waals surface area contributed by atoms with Crippen LogP contribution in [0.4, 0.5) is 0 Å². The fourth-order valence-corrected chi connectivity index (χ4v) is 3.42. The van der Waals surface area contributed by atoms with Crippen molar-refractivity contribution >= 4 is 51.9 Å². The number of nitrogens with zero attached hydrogens (tertiary/aromatic N) is 2. The number of unbranched alkanes of at least 4 members (excludes halogenated alkanes) is 2. The molecule has 2 heterocycles. The molecule has 3 aromatic rings. The molecule has 0 fully saturated rings. The Hall–Kier alpha value is -1.54. The van der Waals surface area contributed by atoms with Crippen molar-refractivity contribution in [1.29, 1.82) is 0 Å². The number of aryl methyl sites for hydroxylation is 1. The van der Waals surface area contributed by atoms with Crippen LogP contribution in [0.15, 0.2) is 28.9 Å². The minimum absolute atomic E-state index is 0. The van der Waals surface area contributed by atoms with Crippen molar-refractivity contribution in [3.63, 3.8) is 0 Å². The zero-order valence-electron chi connectivity index (χ0n) is 14.5. The molecule has 0 unspecified atom stereocenters. The molecule has 0 aliphatic heterocycles. The standard InChI is InChI=1S/C18H15Cl3N2O4.BrH/c19-11-8-13-17(15(21)16(11)26)27-18(22-13)10-5-7-23(9-12(10)20)6-3-1-2-4-14(24)25;/h5,7-9H,1-4,6H2,(H,24,25);1H. The third-order valence-corrected chi connectivity index (χ3v) is 5.00. The lowest BCUT2D eigenvalue weighted by Crippen LogP contribution is -3.00. The molecule has 0 radical (unpaired) electrons. The normalized spacial score (nSPS) is 10.8. The van der Waals surface area contributed by atoms with Gasteiger partial charge in [-0.15, -0.1) is 0 Å². The molecule has 1 aromatic carbocycles. The number of aliphatic carboxylic acids is 1. The molecule has 10 heteroatoms. The van der Waals surface area contributed by atoms with Gasteiger partial charge in [0.05, 0.1) is 10.6 Å². The zero-order valence-corrected chi connectivity index (χ0v) is 18.3. The number of fused-ring (bicyclic) bond motifs is 1. The maximum atomic E-state index is 10.5. The Morgan fingerprint density at radius 1 is 1.18 bits per heavy atom. The second-order valence-corrected chi connectivity index (χ2v) is 7.23. The number of oxazole rings is 1. The number of pyridine rings is 1. The summed E-state index contributed by atoms with van der Waals surface area (Å²) in [5.74, 6) is -0.760. The highest BCUT2D eigenvalue weighted by Crippen LogP contribution is 2.40. The summed E-state index contributed by atoms with van der Waals surface area (Å²) in [5, 5.41) is 19.0. The number of carboxylic acid groups (broad SMARTS) is 1. The van der Waals surface area contributed by atoms with E-state index >= 15 is 0 Å². The Morgan fingerprint density at radius 2 is 1.93 bits per heavy atom. The van der Waals surface area contributed by atoms with Crippen LogP contribution >= 0.6 is 34.8 Å². The number of hydrogen-bond acceptors (Lipinski definition) is 4. The molecule has 6 nitrogen and oxygen atoms in total. The monoisotopic (exact) mass is 508 g/mol. The van der Waals surface area contributed by atoms with Crippen LogP contribution in [-0.4, -0.2) is 21.2 Å². The molecule has 0 amide bonds. The molecule has 0 atom stereocenters. The summed E-state index contributed by atoms with van der Waals surface area (Å²) in [6.45, 7) is 0.725. The van der Waals surface area contributed by atoms with Crippen molar-refractivity contribution in [2.24, 2.45) is 0 Å². The van der Waals surface area contributed by atoms with Crippen LogP contribution in [0.5, 0.6) is 5.75 Å². The van der Waals surface area contributed by atoms with Gasteiger partial charge in [-0.1, -0.05) is 34.8 Å². The quantitative estimate of drug-likeness (QED) is 0.376. The number of hydrogen-bond donors (Lipinski definition) is 2. The number of phenolic OH excluding ortho intramolecular Hbond substituents is 1. The van der Waals surface area contributed by atoms with Gasteiger partial charge in [0.15, 0.2) is 23.7 Å². The van der Waals surface area contributed by atoms with E-state index in [1.54, 1.807) is 12.3 Å². The average Bonchev–Trinajstić information content (AvgIpc) is 3.03. The topological polar surface area (TPSA) is 87.4 Å². The van der Waals surface area contributed by atoms with Crippen molar-refractivity contribution < 1.29 is 41.0 Å². The summed E-state index contributed by atoms with van der Waals surface area (Å²) in [4.78, 5) is 14.8. The third kappa shape index (κ3) is 5.08. The smallest absolute Gasteiger partial charge is 0.303 e. The molecule has 2 aromatic heterocycles. The van der Waals surface area contributed by atoms with E-state index in [9.17, 15) is 9.90 Å². The number of aromatic hydroxyl groups is 1. The van der Waals surface area contributed by atoms with Crippen LogP contribution in [0.3, 0.4) is 0 Å². The van der Waals surface area contributed by atoms with Gasteiger partial charge < -0.3 is 31.6 Å². The average molecular weight is 511 g/mol. The van der Waals surface area contributed by atoms with E-state index in [0.29, 0.717) is 22.5 Å². The van der Waals surface area contributed by atoms with E-state index in [0.717, 1.165) is 19.4 Å². The van der Waals surface area contributed by atoms with Crippen LogP contribution in [0.2, 0.25) is 15.1 Å². The summed E-state index contributed by atoms with van der Waals surface area (Å²) in [7, 11) is 0. The molecule has 0 saturated heterocycles. The maximum Gasteiger partial charge on any atom is 0.303 e. The van der Waals surface area contributed by atoms with Crippen molar-refractivity contribution in [2.45, 2.75) is 32.2 Å². The third-order valence-electron chi connectivity index (χ3n) is 4.06. The first-order valence-corrected chi connectivity index (χ1v) is 9.38. The number of phenols is 1. The lowest BCUT2D eigenvalue weighted by atomic mass is 10.2. The van der Waals surface area contributed by atoms with Gasteiger partial charge >= 0.3 is 5.97 Å². The number of aromatic nitrogens is 2. The number of benzene rings is 1. The number of carboxylic acids is 1. The first-order chi connectivity index (χ1) is 12.9. The molecule has 2 N–H and O–H groups in total. The highest BCUT2D eigenvalue weighted by molar-refractivity contribution is 6.40. The van der Waals surface area contributed by atoms with E-state index in [4.69, 9.17) is 44.3 Å². The molecule has 0 aliphatic carbocycles. The predicted octanol–water partition coefficient (Wildman–Crippen LogP) is 2.10. The van der Waals surface area contributed by atoms with Gasteiger partial charge in [0.25, 0.3) is 0 Å². The van der Waals surface area contributed by atoms with Crippen molar-refractivity contribution in [3.8, 4) is 17.2 Å². The predicted molar refractivity (Wildman–Crippen MR) is 102 cm³/mol. The van der Waals surface area contributed by atoms with Gasteiger partial charge in [-0.05, 0) is 18.9 Å². The Morgan fingerprint density at radius 3 is 2.61 bits per heavy atom. The Kier molecular flexibility index (Phi) is 7.95. The molecule has 0 saturated carbocycles. The number of halogens is 4. The van der Waals surface area contributed by atoms with E-state index in [2.05, 4.69) is 4.98 Å². The SMILES string of the molecule is O=C(O)CCCCC[n+]1ccc(-c2nc3cc(Cl)c(O)c(Cl)c3o2)c(Cl)c1.[Br-]. The van der Waals surface area contributed by atoms with Gasteiger partial charge in [-0.3, -0.25) is 4.79 Å². The molecule has 3 rings (SSSR count). The summed E-state index contributed by atoms with van der Waals surface area (Å²) < 4.78 is 7.59. The van der Waals surface area contributed by atoms with E-state index < -0.39 is 5.97 Å². The highest BCUT2D eigenvalue weighted by atomic mass is 79.9. The Labute approximate surface area is 186 Å². The van der Waals surface area contributed by atoms with Crippen LogP contribution in [0.1, 0.15) is 25.7 Å². The van der Waals surface area contributed by atoms with Crippen LogP contribution in [-0.2, 0) is 11.3 Å². The molecular weight excluding hydrogens is 494 g/mol.